The van der Waals surface area contributed by atoms with E-state index in [2.05, 4.69) is 292 Å². The van der Waals surface area contributed by atoms with Gasteiger partial charge in [0.15, 0.2) is 54.9 Å². The molecule has 0 bridgehead atoms. The zero-order valence-electron chi connectivity index (χ0n) is 74.3. The first-order chi connectivity index (χ1) is 64.8. The van der Waals surface area contributed by atoms with Crippen LogP contribution >= 0.6 is 58.8 Å². The molecule has 7 aliphatic rings. The van der Waals surface area contributed by atoms with Gasteiger partial charge in [-0.2, -0.15) is 0 Å². The highest BCUT2D eigenvalue weighted by Gasteiger charge is 2.32. The van der Waals surface area contributed by atoms with Crippen LogP contribution in [0.15, 0.2) is 346 Å². The van der Waals surface area contributed by atoms with Crippen molar-refractivity contribution < 1.29 is 4.74 Å². The van der Waals surface area contributed by atoms with Gasteiger partial charge in [-0.3, -0.25) is 25.0 Å². The molecule has 27 heteroatoms. The quantitative estimate of drug-likeness (QED) is 0.0356. The maximum Gasteiger partial charge on any atom is 0.191 e. The number of aliphatic imine (C=N–C) groups is 5. The van der Waals surface area contributed by atoms with Crippen LogP contribution in [0.1, 0.15) is 133 Å². The number of nitrogens with one attached hydrogen (secondary N) is 1. The van der Waals surface area contributed by atoms with Gasteiger partial charge in [-0.05, 0) is 142 Å². The Morgan fingerprint density at radius 3 is 1.06 bits per heavy atom. The number of aromatic nitrogens is 16. The molecule has 13 aromatic rings. The molecule has 2 unspecified atom stereocenters. The van der Waals surface area contributed by atoms with E-state index in [9.17, 15) is 0 Å². The number of thioether (sulfide) groups is 5. The Hall–Kier alpha value is -12.4. The highest BCUT2D eigenvalue weighted by atomic mass is 32.2. The minimum absolute atomic E-state index is 0. The molecule has 22 nitrogen and oxygen atoms in total. The summed E-state index contributed by atoms with van der Waals surface area (Å²) in [5.41, 5.74) is 16.6. The SMILES string of the molecule is C.C1=CC2CC=C(c3nnc(SCc4ccccc4)n3CCCC3=CCC=N3)C2C=C1.C1=NC(CCCn2c(SCc3ccccc3)nnc2-c2cc3ccccc3[nH]2)=CC1.C1=NC(CCCn2c(SCc3ccccc3)nnc2-c2ccccc2)=CC1.COc1ccc(-c2nnc(SC)n2CCCC2=CCC=N2)cc1.CSc1nnc(-c2ccccc2)n1CCCC1=CCC=N1. The number of hydrogen-bond acceptors (Lipinski definition) is 21. The van der Waals surface area contributed by atoms with E-state index < -0.39 is 0 Å². The van der Waals surface area contributed by atoms with Gasteiger partial charge >= 0.3 is 0 Å². The van der Waals surface area contributed by atoms with Crippen molar-refractivity contribution in [1.29, 1.82) is 0 Å². The van der Waals surface area contributed by atoms with Crippen LogP contribution in [-0.2, 0) is 50.0 Å². The van der Waals surface area contributed by atoms with E-state index in [0.29, 0.717) is 11.8 Å². The maximum atomic E-state index is 5.22. The van der Waals surface area contributed by atoms with Gasteiger partial charge in [-0.15, -0.1) is 51.0 Å². The van der Waals surface area contributed by atoms with Crippen LogP contribution < -0.4 is 4.74 Å². The highest BCUT2D eigenvalue weighted by Crippen LogP contribution is 2.43. The molecule has 6 aromatic heterocycles. The molecule has 0 saturated heterocycles. The molecule has 20 rings (SSSR count). The molecule has 0 spiro atoms. The Morgan fingerprint density at radius 2 is 0.682 bits per heavy atom. The molecule has 7 aromatic carbocycles. The molecule has 11 heterocycles. The minimum atomic E-state index is 0. The first kappa shape index (κ1) is 94.3. The Kier molecular flexibility index (Phi) is 35.5. The van der Waals surface area contributed by atoms with Crippen molar-refractivity contribution in [3.05, 3.63) is 318 Å². The first-order valence-electron chi connectivity index (χ1n) is 45.1. The molecular weight excluding hydrogens is 1730 g/mol. The number of ether oxygens (including phenoxy) is 1. The van der Waals surface area contributed by atoms with Crippen LogP contribution in [0.3, 0.4) is 0 Å². The van der Waals surface area contributed by atoms with Crippen molar-refractivity contribution in [3.8, 4) is 51.4 Å². The van der Waals surface area contributed by atoms with Gasteiger partial charge in [0.25, 0.3) is 0 Å². The third kappa shape index (κ3) is 26.1. The summed E-state index contributed by atoms with van der Waals surface area (Å²) >= 11 is 8.52. The lowest BCUT2D eigenvalue weighted by Gasteiger charge is -2.19. The van der Waals surface area contributed by atoms with E-state index in [0.717, 1.165) is 241 Å². The number of methoxy groups -OCH3 is 1. The zero-order valence-corrected chi connectivity index (χ0v) is 78.4. The summed E-state index contributed by atoms with van der Waals surface area (Å²) in [7, 11) is 1.67. The number of allylic oxidation sites excluding steroid dienone is 16. The Bertz CT molecular complexity index is 6270. The minimum Gasteiger partial charge on any atom is -0.497 e. The molecule has 674 valence electrons. The third-order valence-corrected chi connectivity index (χ3v) is 27.3. The predicted octanol–water partition coefficient (Wildman–Crippen LogP) is 25.3. The number of rotatable bonds is 37. The lowest BCUT2D eigenvalue weighted by Crippen LogP contribution is -2.12. The molecule has 0 saturated carbocycles. The van der Waals surface area contributed by atoms with E-state index in [4.69, 9.17) is 4.74 Å². The van der Waals surface area contributed by atoms with Crippen LogP contribution in [0.4, 0.5) is 0 Å². The topological polar surface area (TPSA) is 240 Å². The lowest BCUT2D eigenvalue weighted by atomic mass is 9.87. The summed E-state index contributed by atoms with van der Waals surface area (Å²) in [4.78, 5) is 25.6. The second kappa shape index (κ2) is 49.7. The molecule has 0 fully saturated rings. The second-order valence-corrected chi connectivity index (χ2v) is 36.2. The number of para-hydroxylation sites is 1. The highest BCUT2D eigenvalue weighted by molar-refractivity contribution is 7.99. The molecule has 5 aliphatic heterocycles. The number of aromatic amines is 1. The van der Waals surface area contributed by atoms with Crippen molar-refractivity contribution in [2.45, 2.75) is 186 Å². The van der Waals surface area contributed by atoms with Crippen molar-refractivity contribution in [2.75, 3.05) is 19.6 Å². The molecular formula is C105H113N21OS5. The summed E-state index contributed by atoms with van der Waals surface area (Å²) in [5.74, 6) is 9.23. The van der Waals surface area contributed by atoms with Crippen molar-refractivity contribution in [1.82, 2.24) is 78.8 Å². The van der Waals surface area contributed by atoms with Gasteiger partial charge in [0.1, 0.15) is 5.75 Å². The number of benzene rings is 7. The van der Waals surface area contributed by atoms with Gasteiger partial charge in [0.2, 0.25) is 0 Å². The van der Waals surface area contributed by atoms with Gasteiger partial charge in [0, 0.05) is 181 Å². The summed E-state index contributed by atoms with van der Waals surface area (Å²) in [6, 6.07) is 70.5. The molecule has 132 heavy (non-hydrogen) atoms. The largest absolute Gasteiger partial charge is 0.497 e. The van der Waals surface area contributed by atoms with E-state index in [1.165, 1.54) is 56.1 Å². The van der Waals surface area contributed by atoms with Crippen LogP contribution in [0.2, 0.25) is 0 Å². The zero-order chi connectivity index (χ0) is 89.2. The maximum absolute atomic E-state index is 5.22. The van der Waals surface area contributed by atoms with E-state index in [-0.39, 0.29) is 7.43 Å². The lowest BCUT2D eigenvalue weighted by molar-refractivity contribution is 0.415. The van der Waals surface area contributed by atoms with Crippen molar-refractivity contribution >= 4 is 106 Å². The normalized spacial score (nSPS) is 15.1. The number of nitrogens with zero attached hydrogens (tertiary/aromatic N) is 20. The molecule has 0 amide bonds. The van der Waals surface area contributed by atoms with E-state index >= 15 is 0 Å². The molecule has 0 radical (unpaired) electrons. The van der Waals surface area contributed by atoms with Crippen molar-refractivity contribution in [2.24, 2.45) is 36.8 Å². The van der Waals surface area contributed by atoms with Crippen molar-refractivity contribution in [3.63, 3.8) is 0 Å². The molecule has 2 aliphatic carbocycles. The molecule has 1 N–H and O–H groups in total. The second-order valence-electron chi connectivity index (χ2n) is 31.8. The van der Waals surface area contributed by atoms with E-state index in [1.807, 2.05) is 122 Å². The third-order valence-electron chi connectivity index (χ3n) is 22.9. The number of fused-ring (bicyclic) bond motifs is 2. The van der Waals surface area contributed by atoms with Crippen LogP contribution in [0.5, 0.6) is 5.75 Å². The fourth-order valence-electron chi connectivity index (χ4n) is 16.2. The van der Waals surface area contributed by atoms with Gasteiger partial charge in [-0.1, -0.05) is 297 Å². The van der Waals surface area contributed by atoms with Gasteiger partial charge in [0.05, 0.1) is 12.8 Å². The predicted molar refractivity (Wildman–Crippen MR) is 549 cm³/mol. The smallest absolute Gasteiger partial charge is 0.191 e. The standard InChI is InChI=1S/C25H26N4S.C24H23N5S.C22H22N4S.C17H20N4OS.C16H18N4S.CH4/c1-2-8-19(9-3-1)18-30-25-28-27-24(23-15-14-20-10-4-5-13-22(20)23)29(25)17-7-12-21-11-6-16-26-21;1-2-8-18(9-3-1)17-30-24-28-27-23(22-16-19-10-4-5-13-21(19)26-22)29(24)15-7-12-20-11-6-14-25-20;1-3-9-18(10-4-1)17-27-22-25-24-21(19-11-5-2-6-12-19)26(22)16-8-14-20-13-7-15-23-20;1-22-15-9-7-13(8-10-15)16-19-20-17(23-2)21(16)12-4-6-14-5-3-11-18-14;1-21-16-19-18-15(13-7-3-2-4-8-13)20(16)12-6-10-14-9-5-11-17-14;/h1-5,8-11,13,15-16,20,22H,6-7,12,14,17-18H2;1-5,8-11,13-14,16,26H,6-7,12,15,17H2;1-6,9-13,15H,7-8,14,16-17H2;5,7-11H,3-4,6,12H2,1-2H3;2-4,7-9,11H,5-6,10,12H2,1H3;1H4. The fourth-order valence-corrected chi connectivity index (χ4v) is 20.0. The monoisotopic (exact) mass is 1840 g/mol. The van der Waals surface area contributed by atoms with Crippen LogP contribution in [0, 0.1) is 11.8 Å². The van der Waals surface area contributed by atoms with Crippen LogP contribution in [0.25, 0.3) is 62.2 Å². The van der Waals surface area contributed by atoms with Crippen LogP contribution in [-0.4, -0.2) is 130 Å². The number of H-pyrrole nitrogens is 1. The Morgan fingerprint density at radius 1 is 0.348 bits per heavy atom. The average Bonchev–Trinajstić information content (AvgIpc) is 1.63. The van der Waals surface area contributed by atoms with Gasteiger partial charge < -0.3 is 32.6 Å². The summed E-state index contributed by atoms with van der Waals surface area (Å²) < 4.78 is 16.5. The Balaban J connectivity index is 0.000000127. The summed E-state index contributed by atoms with van der Waals surface area (Å²) in [5, 5.41) is 50.7. The average molecular weight is 1850 g/mol. The molecule has 2 atom stereocenters. The first-order valence-corrected chi connectivity index (χ1v) is 50.5. The number of hydrogen-bond donors (Lipinski definition) is 1. The van der Waals surface area contributed by atoms with E-state index in [1.54, 1.807) is 65.9 Å². The van der Waals surface area contributed by atoms with Gasteiger partial charge in [-0.25, -0.2) is 0 Å². The summed E-state index contributed by atoms with van der Waals surface area (Å²) in [6.45, 7) is 4.47. The fraction of sp³-hybridized carbons (Fsp3) is 0.286. The summed E-state index contributed by atoms with van der Waals surface area (Å²) in [6.07, 6.45) is 52.4. The Labute approximate surface area is 795 Å².